The van der Waals surface area contributed by atoms with E-state index in [1.54, 1.807) is 0 Å². The molecule has 0 aromatic carbocycles. The number of rotatable bonds is 0. The molecule has 1 aliphatic heterocycles. The first-order valence-corrected chi connectivity index (χ1v) is 3.84. The summed E-state index contributed by atoms with van der Waals surface area (Å²) in [5.41, 5.74) is 0. The number of hydrogen-bond donors (Lipinski definition) is 1. The summed E-state index contributed by atoms with van der Waals surface area (Å²) >= 11 is 0.513. The Labute approximate surface area is 66.2 Å². The van der Waals surface area contributed by atoms with E-state index in [0.29, 0.717) is 24.6 Å². The predicted octanol–water partition coefficient (Wildman–Crippen LogP) is 2.94. The predicted molar refractivity (Wildman–Crippen MR) is 38.7 cm³/mol. The number of halogens is 3. The van der Waals surface area contributed by atoms with Gasteiger partial charge in [-0.05, 0) is 12.8 Å². The van der Waals surface area contributed by atoms with Crippen LogP contribution in [0.3, 0.4) is 0 Å². The summed E-state index contributed by atoms with van der Waals surface area (Å²) in [7, 11) is 0. The molecule has 11 heavy (non-hydrogen) atoms. The topological polar surface area (TPSA) is 23.9 Å². The van der Waals surface area contributed by atoms with Crippen molar-refractivity contribution in [1.29, 1.82) is 5.41 Å². The summed E-state index contributed by atoms with van der Waals surface area (Å²) in [6, 6.07) is 0. The van der Waals surface area contributed by atoms with Gasteiger partial charge in [0.2, 0.25) is 0 Å². The number of allylic oxidation sites excluding steroid dienone is 2. The van der Waals surface area contributed by atoms with Crippen LogP contribution >= 0.6 is 11.8 Å². The van der Waals surface area contributed by atoms with E-state index >= 15 is 0 Å². The Morgan fingerprint density at radius 1 is 1.45 bits per heavy atom. The SMILES string of the molecule is N=C1CCC=C(C(F)(F)F)S1. The fourth-order valence-electron chi connectivity index (χ4n) is 0.733. The zero-order valence-corrected chi connectivity index (χ0v) is 6.35. The van der Waals surface area contributed by atoms with Crippen molar-refractivity contribution >= 4 is 16.8 Å². The molecule has 62 valence electrons. The van der Waals surface area contributed by atoms with Crippen molar-refractivity contribution < 1.29 is 13.2 Å². The molecule has 0 saturated heterocycles. The number of nitrogens with one attached hydrogen (secondary N) is 1. The maximum atomic E-state index is 11.9. The summed E-state index contributed by atoms with van der Waals surface area (Å²) in [4.78, 5) is -0.645. The van der Waals surface area contributed by atoms with Gasteiger partial charge in [-0.15, -0.1) is 0 Å². The lowest BCUT2D eigenvalue weighted by Gasteiger charge is -2.15. The highest BCUT2D eigenvalue weighted by atomic mass is 32.2. The fraction of sp³-hybridized carbons (Fsp3) is 0.500. The van der Waals surface area contributed by atoms with Crippen LogP contribution in [0.15, 0.2) is 11.0 Å². The molecule has 1 rings (SSSR count). The van der Waals surface area contributed by atoms with Gasteiger partial charge >= 0.3 is 6.18 Å². The molecule has 0 spiro atoms. The largest absolute Gasteiger partial charge is 0.422 e. The Morgan fingerprint density at radius 3 is 2.45 bits per heavy atom. The molecule has 0 saturated carbocycles. The van der Waals surface area contributed by atoms with Gasteiger partial charge in [0.1, 0.15) is 0 Å². The van der Waals surface area contributed by atoms with Crippen LogP contribution in [0.25, 0.3) is 0 Å². The van der Waals surface area contributed by atoms with Gasteiger partial charge in [0.25, 0.3) is 0 Å². The maximum absolute atomic E-state index is 11.9. The van der Waals surface area contributed by atoms with Gasteiger partial charge in [0.15, 0.2) is 0 Å². The summed E-state index contributed by atoms with van der Waals surface area (Å²) in [5, 5.41) is 7.12. The van der Waals surface area contributed by atoms with Crippen LogP contribution < -0.4 is 0 Å². The average molecular weight is 181 g/mol. The fourth-order valence-corrected chi connectivity index (χ4v) is 1.54. The first-order valence-electron chi connectivity index (χ1n) is 3.03. The highest BCUT2D eigenvalue weighted by Gasteiger charge is 2.35. The van der Waals surface area contributed by atoms with Crippen LogP contribution in [0, 0.1) is 5.41 Å². The van der Waals surface area contributed by atoms with E-state index in [1.807, 2.05) is 0 Å². The van der Waals surface area contributed by atoms with Gasteiger partial charge < -0.3 is 0 Å². The summed E-state index contributed by atoms with van der Waals surface area (Å²) in [6.07, 6.45) is -2.36. The molecule has 0 aromatic heterocycles. The minimum Gasteiger partial charge on any atom is -0.298 e. The molecule has 0 amide bonds. The molecule has 0 bridgehead atoms. The summed E-state index contributed by atoms with van der Waals surface area (Å²) in [5.74, 6) is 0. The Balaban J connectivity index is 2.73. The van der Waals surface area contributed by atoms with Crippen LogP contribution in [-0.4, -0.2) is 11.2 Å². The van der Waals surface area contributed by atoms with Gasteiger partial charge in [-0.25, -0.2) is 0 Å². The number of hydrogen-bond acceptors (Lipinski definition) is 2. The second-order valence-electron chi connectivity index (χ2n) is 2.13. The molecule has 1 nitrogen and oxygen atoms in total. The molecule has 0 aromatic rings. The monoisotopic (exact) mass is 181 g/mol. The van der Waals surface area contributed by atoms with Crippen molar-refractivity contribution in [2.24, 2.45) is 0 Å². The highest BCUT2D eigenvalue weighted by Crippen LogP contribution is 2.38. The molecular formula is C6H6F3NS. The first-order chi connectivity index (χ1) is 5.00. The number of thioether (sulfide) groups is 1. The zero-order valence-electron chi connectivity index (χ0n) is 5.53. The molecule has 5 heteroatoms. The maximum Gasteiger partial charge on any atom is 0.422 e. The van der Waals surface area contributed by atoms with Crippen molar-refractivity contribution in [3.8, 4) is 0 Å². The van der Waals surface area contributed by atoms with E-state index in [-0.39, 0.29) is 5.04 Å². The quantitative estimate of drug-likeness (QED) is 0.610. The average Bonchev–Trinajstić information content (AvgIpc) is 1.86. The van der Waals surface area contributed by atoms with Crippen LogP contribution in [0.1, 0.15) is 12.8 Å². The van der Waals surface area contributed by atoms with Crippen molar-refractivity contribution in [3.05, 3.63) is 11.0 Å². The molecule has 0 unspecified atom stereocenters. The molecule has 0 radical (unpaired) electrons. The second-order valence-corrected chi connectivity index (χ2v) is 3.27. The molecule has 0 atom stereocenters. The van der Waals surface area contributed by atoms with Gasteiger partial charge in [0.05, 0.1) is 9.95 Å². The molecule has 1 heterocycles. The van der Waals surface area contributed by atoms with E-state index < -0.39 is 11.1 Å². The number of alkyl halides is 3. The van der Waals surface area contributed by atoms with E-state index in [0.717, 1.165) is 6.08 Å². The van der Waals surface area contributed by atoms with Crippen LogP contribution in [0.2, 0.25) is 0 Å². The van der Waals surface area contributed by atoms with Gasteiger partial charge in [-0.1, -0.05) is 17.8 Å². The normalized spacial score (nSPS) is 19.9. The van der Waals surface area contributed by atoms with E-state index in [4.69, 9.17) is 5.41 Å². The summed E-state index contributed by atoms with van der Waals surface area (Å²) in [6.45, 7) is 0. The van der Waals surface area contributed by atoms with Gasteiger partial charge in [0, 0.05) is 0 Å². The van der Waals surface area contributed by atoms with E-state index in [1.165, 1.54) is 0 Å². The third kappa shape index (κ3) is 2.25. The standard InChI is InChI=1S/C6H6F3NS/c7-6(8,9)4-2-1-3-5(10)11-4/h2,10H,1,3H2. The van der Waals surface area contributed by atoms with Gasteiger partial charge in [-0.2, -0.15) is 13.2 Å². The Hall–Kier alpha value is -0.450. The Morgan fingerprint density at radius 2 is 2.09 bits per heavy atom. The molecule has 1 N–H and O–H groups in total. The van der Waals surface area contributed by atoms with Crippen LogP contribution in [-0.2, 0) is 0 Å². The van der Waals surface area contributed by atoms with E-state index in [9.17, 15) is 13.2 Å². The zero-order chi connectivity index (χ0) is 8.48. The smallest absolute Gasteiger partial charge is 0.298 e. The lowest BCUT2D eigenvalue weighted by atomic mass is 10.3. The highest BCUT2D eigenvalue weighted by molar-refractivity contribution is 8.17. The first kappa shape index (κ1) is 8.64. The lowest BCUT2D eigenvalue weighted by Crippen LogP contribution is -2.13. The van der Waals surface area contributed by atoms with Crippen LogP contribution in [0.4, 0.5) is 13.2 Å². The second kappa shape index (κ2) is 2.89. The van der Waals surface area contributed by atoms with Crippen LogP contribution in [0.5, 0.6) is 0 Å². The van der Waals surface area contributed by atoms with Gasteiger partial charge in [-0.3, -0.25) is 5.41 Å². The molecule has 1 aliphatic rings. The summed E-state index contributed by atoms with van der Waals surface area (Å²) < 4.78 is 35.8. The van der Waals surface area contributed by atoms with E-state index in [2.05, 4.69) is 0 Å². The lowest BCUT2D eigenvalue weighted by molar-refractivity contribution is -0.0838. The van der Waals surface area contributed by atoms with Crippen molar-refractivity contribution in [2.45, 2.75) is 19.0 Å². The van der Waals surface area contributed by atoms with Crippen molar-refractivity contribution in [2.75, 3.05) is 0 Å². The Bertz CT molecular complexity index is 206. The molecule has 0 fully saturated rings. The third-order valence-corrected chi connectivity index (χ3v) is 2.28. The van der Waals surface area contributed by atoms with Crippen molar-refractivity contribution in [3.63, 3.8) is 0 Å². The molecule has 0 aliphatic carbocycles. The Kier molecular flexibility index (Phi) is 2.27. The van der Waals surface area contributed by atoms with Crippen molar-refractivity contribution in [1.82, 2.24) is 0 Å². The third-order valence-electron chi connectivity index (χ3n) is 1.21. The minimum atomic E-state index is -4.27. The molecular weight excluding hydrogens is 175 g/mol. The minimum absolute atomic E-state index is 0.0971.